The highest BCUT2D eigenvalue weighted by Crippen LogP contribution is 2.01. The van der Waals surface area contributed by atoms with Crippen LogP contribution in [0.3, 0.4) is 0 Å². The van der Waals surface area contributed by atoms with Gasteiger partial charge in [0.15, 0.2) is 5.78 Å². The zero-order chi connectivity index (χ0) is 10.4. The van der Waals surface area contributed by atoms with Gasteiger partial charge in [-0.2, -0.15) is 0 Å². The minimum Gasteiger partial charge on any atom is -0.355 e. The Morgan fingerprint density at radius 2 is 2.07 bits per heavy atom. The van der Waals surface area contributed by atoms with Crippen molar-refractivity contribution >= 4 is 5.78 Å². The molecule has 0 aliphatic carbocycles. The van der Waals surface area contributed by atoms with Crippen molar-refractivity contribution in [3.63, 3.8) is 0 Å². The van der Waals surface area contributed by atoms with Crippen LogP contribution in [-0.2, 0) is 4.74 Å². The fourth-order valence-corrected chi connectivity index (χ4v) is 1.01. The Bertz CT molecular complexity index is 285. The maximum atomic E-state index is 11.5. The zero-order valence-corrected chi connectivity index (χ0v) is 8.27. The van der Waals surface area contributed by atoms with Crippen molar-refractivity contribution in [3.05, 3.63) is 35.9 Å². The van der Waals surface area contributed by atoms with Gasteiger partial charge in [-0.3, -0.25) is 4.79 Å². The molecule has 0 radical (unpaired) electrons. The highest BCUT2D eigenvalue weighted by atomic mass is 16.5. The Kier molecular flexibility index (Phi) is 4.29. The van der Waals surface area contributed by atoms with Gasteiger partial charge in [0.2, 0.25) is 0 Å². The third-order valence-corrected chi connectivity index (χ3v) is 1.93. The molecule has 0 saturated heterocycles. The summed E-state index contributed by atoms with van der Waals surface area (Å²) in [6.07, 6.45) is 0.366. The molecule has 1 aromatic carbocycles. The van der Waals surface area contributed by atoms with E-state index < -0.39 is 0 Å². The van der Waals surface area contributed by atoms with E-state index in [4.69, 9.17) is 10.5 Å². The number of ether oxygens (including phenoxy) is 1. The van der Waals surface area contributed by atoms with Gasteiger partial charge in [-0.05, 0) is 6.42 Å². The molecule has 0 amide bonds. The average molecular weight is 193 g/mol. The van der Waals surface area contributed by atoms with E-state index in [0.717, 1.165) is 0 Å². The normalized spacial score (nSPS) is 12.4. The Hall–Kier alpha value is -1.19. The van der Waals surface area contributed by atoms with Crippen molar-refractivity contribution in [1.29, 1.82) is 0 Å². The topological polar surface area (TPSA) is 52.3 Å². The summed E-state index contributed by atoms with van der Waals surface area (Å²) in [5, 5.41) is 0. The second-order valence-electron chi connectivity index (χ2n) is 3.05. The van der Waals surface area contributed by atoms with E-state index in [9.17, 15) is 4.79 Å². The van der Waals surface area contributed by atoms with Crippen molar-refractivity contribution in [2.24, 2.45) is 5.73 Å². The van der Waals surface area contributed by atoms with Gasteiger partial charge in [0.25, 0.3) is 0 Å². The van der Waals surface area contributed by atoms with E-state index in [1.165, 1.54) is 0 Å². The maximum Gasteiger partial charge on any atom is 0.188 e. The fourth-order valence-electron chi connectivity index (χ4n) is 1.01. The highest BCUT2D eigenvalue weighted by Gasteiger charge is 2.07. The van der Waals surface area contributed by atoms with Crippen LogP contribution in [0.5, 0.6) is 0 Å². The van der Waals surface area contributed by atoms with Crippen LogP contribution >= 0.6 is 0 Å². The molecule has 0 fully saturated rings. The SMILES string of the molecule is CCC(N)OCC(=O)c1ccccc1. The Balaban J connectivity index is 2.44. The summed E-state index contributed by atoms with van der Waals surface area (Å²) in [6.45, 7) is 1.97. The van der Waals surface area contributed by atoms with Gasteiger partial charge >= 0.3 is 0 Å². The molecule has 76 valence electrons. The minimum atomic E-state index is -0.345. The molecule has 1 aromatic rings. The van der Waals surface area contributed by atoms with Crippen LogP contribution in [0.25, 0.3) is 0 Å². The minimum absolute atomic E-state index is 0.0329. The highest BCUT2D eigenvalue weighted by molar-refractivity contribution is 5.96. The second kappa shape index (κ2) is 5.52. The van der Waals surface area contributed by atoms with E-state index in [0.29, 0.717) is 12.0 Å². The van der Waals surface area contributed by atoms with E-state index >= 15 is 0 Å². The maximum absolute atomic E-state index is 11.5. The van der Waals surface area contributed by atoms with Crippen LogP contribution in [0.15, 0.2) is 30.3 Å². The lowest BCUT2D eigenvalue weighted by atomic mass is 10.1. The summed E-state index contributed by atoms with van der Waals surface area (Å²) in [4.78, 5) is 11.5. The first-order valence-corrected chi connectivity index (χ1v) is 4.69. The number of carbonyl (C=O) groups is 1. The van der Waals surface area contributed by atoms with Gasteiger partial charge in [0, 0.05) is 5.56 Å². The predicted octanol–water partition coefficient (Wildman–Crippen LogP) is 1.58. The number of nitrogens with two attached hydrogens (primary N) is 1. The van der Waals surface area contributed by atoms with E-state index in [-0.39, 0.29) is 18.6 Å². The van der Waals surface area contributed by atoms with Crippen molar-refractivity contribution in [3.8, 4) is 0 Å². The van der Waals surface area contributed by atoms with Gasteiger partial charge in [-0.15, -0.1) is 0 Å². The zero-order valence-electron chi connectivity index (χ0n) is 8.27. The van der Waals surface area contributed by atoms with Gasteiger partial charge in [-0.25, -0.2) is 0 Å². The molecule has 0 saturated carbocycles. The summed E-state index contributed by atoms with van der Waals surface area (Å²) in [6, 6.07) is 9.06. The van der Waals surface area contributed by atoms with Crippen LogP contribution in [0.1, 0.15) is 23.7 Å². The molecule has 0 aromatic heterocycles. The number of carbonyl (C=O) groups excluding carboxylic acids is 1. The van der Waals surface area contributed by atoms with Gasteiger partial charge < -0.3 is 10.5 Å². The summed E-state index contributed by atoms with van der Waals surface area (Å²) < 4.78 is 5.14. The number of rotatable bonds is 5. The lowest BCUT2D eigenvalue weighted by molar-refractivity contribution is 0.0464. The molecule has 1 atom stereocenters. The van der Waals surface area contributed by atoms with Crippen molar-refractivity contribution in [2.45, 2.75) is 19.6 Å². The predicted molar refractivity (Wildman–Crippen MR) is 55.0 cm³/mol. The van der Waals surface area contributed by atoms with Gasteiger partial charge in [-0.1, -0.05) is 37.3 Å². The number of hydrogen-bond donors (Lipinski definition) is 1. The van der Waals surface area contributed by atoms with E-state index in [1.807, 2.05) is 25.1 Å². The third-order valence-electron chi connectivity index (χ3n) is 1.93. The first kappa shape index (κ1) is 10.9. The lowest BCUT2D eigenvalue weighted by Crippen LogP contribution is -2.25. The largest absolute Gasteiger partial charge is 0.355 e. The molecule has 14 heavy (non-hydrogen) atoms. The molecular formula is C11H15NO2. The molecule has 3 heteroatoms. The molecule has 3 nitrogen and oxygen atoms in total. The van der Waals surface area contributed by atoms with E-state index in [2.05, 4.69) is 0 Å². The molecular weight excluding hydrogens is 178 g/mol. The molecule has 0 spiro atoms. The fraction of sp³-hybridized carbons (Fsp3) is 0.364. The molecule has 0 aliphatic heterocycles. The summed E-state index contributed by atoms with van der Waals surface area (Å²) in [5.74, 6) is -0.0329. The van der Waals surface area contributed by atoms with Gasteiger partial charge in [0.1, 0.15) is 12.8 Å². The lowest BCUT2D eigenvalue weighted by Gasteiger charge is -2.09. The summed E-state index contributed by atoms with van der Waals surface area (Å²) in [7, 11) is 0. The number of benzene rings is 1. The Morgan fingerprint density at radius 1 is 1.43 bits per heavy atom. The average Bonchev–Trinajstić information content (AvgIpc) is 2.26. The smallest absolute Gasteiger partial charge is 0.188 e. The standard InChI is InChI=1S/C11H15NO2/c1-2-11(12)14-8-10(13)9-6-4-3-5-7-9/h3-7,11H,2,8,12H2,1H3. The van der Waals surface area contributed by atoms with E-state index in [1.54, 1.807) is 12.1 Å². The Morgan fingerprint density at radius 3 is 2.64 bits per heavy atom. The van der Waals surface area contributed by atoms with Crippen molar-refractivity contribution < 1.29 is 9.53 Å². The second-order valence-corrected chi connectivity index (χ2v) is 3.05. The molecule has 0 aliphatic rings. The monoisotopic (exact) mass is 193 g/mol. The third kappa shape index (κ3) is 3.28. The summed E-state index contributed by atoms with van der Waals surface area (Å²) in [5.41, 5.74) is 6.19. The molecule has 0 bridgehead atoms. The number of hydrogen-bond acceptors (Lipinski definition) is 3. The van der Waals surface area contributed by atoms with Crippen LogP contribution < -0.4 is 5.73 Å². The molecule has 1 rings (SSSR count). The Labute approximate surface area is 83.9 Å². The van der Waals surface area contributed by atoms with Crippen LogP contribution in [-0.4, -0.2) is 18.6 Å². The van der Waals surface area contributed by atoms with Crippen molar-refractivity contribution in [2.75, 3.05) is 6.61 Å². The molecule has 2 N–H and O–H groups in total. The van der Waals surface area contributed by atoms with Crippen molar-refractivity contribution in [1.82, 2.24) is 0 Å². The number of Topliss-reactive ketones (excluding diaryl/α,β-unsaturated/α-hetero) is 1. The number of ketones is 1. The molecule has 1 unspecified atom stereocenters. The van der Waals surface area contributed by atoms with Gasteiger partial charge in [0.05, 0.1) is 0 Å². The van der Waals surface area contributed by atoms with Crippen LogP contribution in [0, 0.1) is 0 Å². The summed E-state index contributed by atoms with van der Waals surface area (Å²) >= 11 is 0. The molecule has 0 heterocycles. The quantitative estimate of drug-likeness (QED) is 0.570. The van der Waals surface area contributed by atoms with Crippen LogP contribution in [0.4, 0.5) is 0 Å². The van der Waals surface area contributed by atoms with Crippen LogP contribution in [0.2, 0.25) is 0 Å². The first-order chi connectivity index (χ1) is 6.74. The first-order valence-electron chi connectivity index (χ1n) is 4.69.